The van der Waals surface area contributed by atoms with Gasteiger partial charge in [0.15, 0.2) is 0 Å². The molecule has 7 saturated heterocycles. The lowest BCUT2D eigenvalue weighted by Crippen LogP contribution is -2.50. The Morgan fingerprint density at radius 1 is 0.500 bits per heavy atom. The molecule has 7 aliphatic rings. The molecule has 4 bridgehead atoms. The summed E-state index contributed by atoms with van der Waals surface area (Å²) in [6.45, 7) is 28.3. The van der Waals surface area contributed by atoms with Crippen molar-refractivity contribution in [2.75, 3.05) is 67.0 Å². The van der Waals surface area contributed by atoms with Gasteiger partial charge in [-0.2, -0.15) is 0 Å². The van der Waals surface area contributed by atoms with Crippen LogP contribution in [0.2, 0.25) is 0 Å². The van der Waals surface area contributed by atoms with Crippen LogP contribution in [0.3, 0.4) is 0 Å². The first kappa shape index (κ1) is 36.3. The summed E-state index contributed by atoms with van der Waals surface area (Å²) in [5.74, 6) is 6.57. The molecule has 0 amide bonds. The van der Waals surface area contributed by atoms with Gasteiger partial charge < -0.3 is 19.6 Å². The van der Waals surface area contributed by atoms with Crippen LogP contribution in [0.15, 0.2) is 0 Å². The van der Waals surface area contributed by atoms with Crippen molar-refractivity contribution in [3.63, 3.8) is 0 Å². The summed E-state index contributed by atoms with van der Waals surface area (Å²) >= 11 is 0. The summed E-state index contributed by atoms with van der Waals surface area (Å²) in [6, 6.07) is 1.85. The van der Waals surface area contributed by atoms with E-state index in [4.69, 9.17) is 0 Å². The van der Waals surface area contributed by atoms with E-state index in [0.29, 0.717) is 0 Å². The summed E-state index contributed by atoms with van der Waals surface area (Å²) in [7, 11) is 6.75. The third-order valence-electron chi connectivity index (χ3n) is 13.2. The lowest BCUT2D eigenvalue weighted by atomic mass is 9.65. The highest BCUT2D eigenvalue weighted by molar-refractivity contribution is 4.94. The minimum Gasteiger partial charge on any atom is -0.306 e. The van der Waals surface area contributed by atoms with Gasteiger partial charge in [-0.3, -0.25) is 0 Å². The van der Waals surface area contributed by atoms with Crippen molar-refractivity contribution < 1.29 is 0 Å². The molecule has 4 nitrogen and oxygen atoms in total. The summed E-state index contributed by atoms with van der Waals surface area (Å²) < 4.78 is 0. The molecule has 42 heavy (non-hydrogen) atoms. The number of fused-ring (bicyclic) bond motifs is 5. The van der Waals surface area contributed by atoms with Crippen LogP contribution in [-0.4, -0.2) is 98.6 Å². The van der Waals surface area contributed by atoms with Crippen LogP contribution in [-0.2, 0) is 0 Å². The largest absolute Gasteiger partial charge is 0.306 e. The molecule has 0 aromatic rings. The van der Waals surface area contributed by atoms with Crippen LogP contribution in [0.25, 0.3) is 0 Å². The molecule has 7 heterocycles. The third-order valence-corrected chi connectivity index (χ3v) is 13.2. The zero-order chi connectivity index (χ0) is 31.0. The molecule has 3 unspecified atom stereocenters. The van der Waals surface area contributed by atoms with Gasteiger partial charge in [-0.15, -0.1) is 0 Å². The first-order valence-corrected chi connectivity index (χ1v) is 18.6. The number of rotatable bonds is 4. The second-order valence-corrected chi connectivity index (χ2v) is 17.1. The maximum Gasteiger partial charge on any atom is 0.00984 e. The van der Waals surface area contributed by atoms with Gasteiger partial charge in [0.25, 0.3) is 0 Å². The normalized spacial score (nSPS) is 35.6. The van der Waals surface area contributed by atoms with Crippen LogP contribution < -0.4 is 0 Å². The maximum absolute atomic E-state index is 2.62. The van der Waals surface area contributed by atoms with Crippen molar-refractivity contribution in [1.82, 2.24) is 19.6 Å². The van der Waals surface area contributed by atoms with Crippen molar-refractivity contribution in [2.24, 2.45) is 46.8 Å². The predicted molar refractivity (Wildman–Crippen MR) is 185 cm³/mol. The third kappa shape index (κ3) is 10.4. The molecule has 4 heteroatoms. The van der Waals surface area contributed by atoms with Crippen LogP contribution in [0.1, 0.15) is 120 Å². The SMILES string of the molecule is CC(C)C12CCN(CC1)CC2.CC(C)C1CC2CCC(C1)N2C.CC(C)C1CCN(C)C1.CC(C)C1CCN(C)CC1. The Morgan fingerprint density at radius 2 is 0.929 bits per heavy atom. The molecular weight excluding hydrogens is 512 g/mol. The summed E-state index contributed by atoms with van der Waals surface area (Å²) in [4.78, 5) is 10.1. The molecule has 7 fully saturated rings. The zero-order valence-corrected chi connectivity index (χ0v) is 30.5. The standard InChI is InChI=1S/C11H21N.C10H19N.C9H19N.C8H17N/c1-8(2)9-6-10-4-5-11(7-9)12(10)3;1-9(2)10-3-6-11(7-4-10)8-5-10;1-8(2)9-4-6-10(3)7-5-9;1-7(2)8-4-5-9(3)6-8/h8-11H,4-7H2,1-3H3;9H,3-8H2,1-2H3;8-9H,4-7H2,1-3H3;7-8H,4-6H2,1-3H3. The number of nitrogens with zero attached hydrogens (tertiary/aromatic N) is 4. The monoisotopic (exact) mass is 589 g/mol. The average molecular weight is 589 g/mol. The highest BCUT2D eigenvalue weighted by Gasteiger charge is 2.41. The Kier molecular flexibility index (Phi) is 14.7. The highest BCUT2D eigenvalue weighted by Crippen LogP contribution is 2.45. The van der Waals surface area contributed by atoms with Gasteiger partial charge in [0.05, 0.1) is 0 Å². The predicted octanol–water partition coefficient (Wildman–Crippen LogP) is 8.22. The Morgan fingerprint density at radius 3 is 1.26 bits per heavy atom. The summed E-state index contributed by atoms with van der Waals surface area (Å²) in [6.07, 6.45) is 14.5. The maximum atomic E-state index is 2.62. The van der Waals surface area contributed by atoms with Gasteiger partial charge in [-0.1, -0.05) is 55.4 Å². The molecule has 0 radical (unpaired) electrons. The molecule has 7 aliphatic heterocycles. The number of hydrogen-bond acceptors (Lipinski definition) is 4. The smallest absolute Gasteiger partial charge is 0.00984 e. The molecule has 0 aromatic carbocycles. The van der Waals surface area contributed by atoms with Crippen LogP contribution in [0.5, 0.6) is 0 Å². The van der Waals surface area contributed by atoms with E-state index in [1.165, 1.54) is 110 Å². The Balaban J connectivity index is 0.000000155. The van der Waals surface area contributed by atoms with Crippen molar-refractivity contribution in [3.05, 3.63) is 0 Å². The number of likely N-dealkylation sites (tertiary alicyclic amines) is 2. The molecule has 3 atom stereocenters. The van der Waals surface area contributed by atoms with Crippen molar-refractivity contribution in [3.8, 4) is 0 Å². The molecule has 0 N–H and O–H groups in total. The van der Waals surface area contributed by atoms with Gasteiger partial charge in [0.1, 0.15) is 0 Å². The molecule has 0 spiro atoms. The minimum absolute atomic E-state index is 0.745. The minimum atomic E-state index is 0.745. The lowest BCUT2D eigenvalue weighted by molar-refractivity contribution is -0.00801. The highest BCUT2D eigenvalue weighted by atomic mass is 15.2. The molecule has 0 aliphatic carbocycles. The Labute approximate surface area is 264 Å². The fraction of sp³-hybridized carbons (Fsp3) is 1.00. The number of piperidine rings is 5. The fourth-order valence-electron chi connectivity index (χ4n) is 8.93. The Hall–Kier alpha value is -0.160. The quantitative estimate of drug-likeness (QED) is 0.328. The molecule has 0 aromatic heterocycles. The zero-order valence-electron chi connectivity index (χ0n) is 30.5. The van der Waals surface area contributed by atoms with Gasteiger partial charge in [-0.25, -0.2) is 0 Å². The van der Waals surface area contributed by atoms with E-state index in [1.54, 1.807) is 0 Å². The second kappa shape index (κ2) is 17.0. The first-order chi connectivity index (χ1) is 19.8. The van der Waals surface area contributed by atoms with Crippen LogP contribution >= 0.6 is 0 Å². The average Bonchev–Trinajstić information content (AvgIpc) is 3.47. The second-order valence-electron chi connectivity index (χ2n) is 17.1. The first-order valence-electron chi connectivity index (χ1n) is 18.6. The summed E-state index contributed by atoms with van der Waals surface area (Å²) in [5, 5.41) is 0. The molecule has 7 rings (SSSR count). The Bertz CT molecular complexity index is 704. The van der Waals surface area contributed by atoms with Crippen molar-refractivity contribution in [1.29, 1.82) is 0 Å². The molecular formula is C38H76N4. The van der Waals surface area contributed by atoms with Crippen molar-refractivity contribution >= 4 is 0 Å². The van der Waals surface area contributed by atoms with E-state index in [1.807, 2.05) is 0 Å². The van der Waals surface area contributed by atoms with Crippen LogP contribution in [0, 0.1) is 46.8 Å². The van der Waals surface area contributed by atoms with E-state index in [0.717, 1.165) is 58.9 Å². The van der Waals surface area contributed by atoms with Gasteiger partial charge in [0.2, 0.25) is 0 Å². The van der Waals surface area contributed by atoms with E-state index < -0.39 is 0 Å². The van der Waals surface area contributed by atoms with E-state index in [2.05, 4.69) is 96.1 Å². The van der Waals surface area contributed by atoms with E-state index >= 15 is 0 Å². The topological polar surface area (TPSA) is 13.0 Å². The number of hydrogen-bond donors (Lipinski definition) is 0. The van der Waals surface area contributed by atoms with Crippen molar-refractivity contribution in [2.45, 2.75) is 132 Å². The molecule has 0 saturated carbocycles. The van der Waals surface area contributed by atoms with E-state index in [9.17, 15) is 0 Å². The van der Waals surface area contributed by atoms with Gasteiger partial charge >= 0.3 is 0 Å². The fourth-order valence-corrected chi connectivity index (χ4v) is 8.93. The van der Waals surface area contributed by atoms with Gasteiger partial charge in [0, 0.05) is 18.6 Å². The lowest BCUT2D eigenvalue weighted by Gasteiger charge is -2.51. The van der Waals surface area contributed by atoms with E-state index in [-0.39, 0.29) is 0 Å². The summed E-state index contributed by atoms with van der Waals surface area (Å²) in [5.41, 5.74) is 0.745. The molecule has 248 valence electrons. The van der Waals surface area contributed by atoms with Crippen LogP contribution in [0.4, 0.5) is 0 Å². The van der Waals surface area contributed by atoms with Gasteiger partial charge in [-0.05, 0) is 171 Å².